The smallest absolute Gasteiger partial charge is 0.311 e. The van der Waals surface area contributed by atoms with E-state index < -0.39 is 11.7 Å². The van der Waals surface area contributed by atoms with Gasteiger partial charge in [0.05, 0.1) is 10.4 Å². The molecule has 1 aromatic rings. The molecule has 1 aromatic carbocycles. The zero-order valence-electron chi connectivity index (χ0n) is 8.97. The minimum absolute atomic E-state index is 0.207. The van der Waals surface area contributed by atoms with Crippen molar-refractivity contribution in [3.05, 3.63) is 28.2 Å². The van der Waals surface area contributed by atoms with Gasteiger partial charge >= 0.3 is 6.18 Å². The number of hydrogen-bond donors (Lipinski definition) is 0. The Labute approximate surface area is 118 Å². The van der Waals surface area contributed by atoms with Crippen LogP contribution in [0.5, 0.6) is 0 Å². The van der Waals surface area contributed by atoms with Gasteiger partial charge in [-0.15, -0.1) is 0 Å². The average Bonchev–Trinajstić information content (AvgIpc) is 2.58. The van der Waals surface area contributed by atoms with Gasteiger partial charge in [-0.3, -0.25) is 4.79 Å². The molecule has 0 aliphatic carbocycles. The lowest BCUT2D eigenvalue weighted by atomic mass is 10.2. The third kappa shape index (κ3) is 2.71. The van der Waals surface area contributed by atoms with Crippen LogP contribution < -0.4 is 4.90 Å². The fourth-order valence-corrected chi connectivity index (χ4v) is 2.73. The fourth-order valence-electron chi connectivity index (χ4n) is 1.80. The molecule has 1 aliphatic heterocycles. The third-order valence-electron chi connectivity index (χ3n) is 2.66. The van der Waals surface area contributed by atoms with Gasteiger partial charge < -0.3 is 4.90 Å². The Balaban J connectivity index is 2.40. The monoisotopic (exact) mass is 385 g/mol. The molecule has 1 amide bonds. The molecule has 0 saturated carbocycles. The molecule has 1 aliphatic rings. The van der Waals surface area contributed by atoms with E-state index in [1.165, 1.54) is 11.0 Å². The number of hydrogen-bond acceptors (Lipinski definition) is 1. The fraction of sp³-hybridized carbons (Fsp3) is 0.364. The van der Waals surface area contributed by atoms with Crippen molar-refractivity contribution in [3.8, 4) is 0 Å². The summed E-state index contributed by atoms with van der Waals surface area (Å²) in [5, 5.41) is 0. The predicted molar refractivity (Wildman–Crippen MR) is 68.8 cm³/mol. The maximum atomic E-state index is 12.7. The SMILES string of the molecule is O=C1C(Br)CCN1c1cc(Br)cc(C(F)(F)F)c1. The Bertz CT molecular complexity index is 490. The molecule has 1 atom stereocenters. The summed E-state index contributed by atoms with van der Waals surface area (Å²) >= 11 is 6.23. The van der Waals surface area contributed by atoms with Crippen molar-refractivity contribution in [2.75, 3.05) is 11.4 Å². The lowest BCUT2D eigenvalue weighted by molar-refractivity contribution is -0.137. The van der Waals surface area contributed by atoms with Gasteiger partial charge in [0.25, 0.3) is 0 Å². The summed E-state index contributed by atoms with van der Waals surface area (Å²) in [7, 11) is 0. The second kappa shape index (κ2) is 4.85. The summed E-state index contributed by atoms with van der Waals surface area (Å²) in [6.45, 7) is 0.419. The number of nitrogens with zero attached hydrogens (tertiary/aromatic N) is 1. The maximum absolute atomic E-state index is 12.7. The quantitative estimate of drug-likeness (QED) is 0.669. The highest BCUT2D eigenvalue weighted by Crippen LogP contribution is 2.36. The Kier molecular flexibility index (Phi) is 3.73. The van der Waals surface area contributed by atoms with E-state index in [9.17, 15) is 18.0 Å². The minimum atomic E-state index is -4.42. The molecule has 0 N–H and O–H groups in total. The van der Waals surface area contributed by atoms with Crippen molar-refractivity contribution in [3.63, 3.8) is 0 Å². The number of carbonyl (C=O) groups is 1. The third-order valence-corrected chi connectivity index (χ3v) is 3.97. The van der Waals surface area contributed by atoms with Crippen LogP contribution in [0, 0.1) is 0 Å². The molecule has 1 unspecified atom stereocenters. The molecule has 2 nitrogen and oxygen atoms in total. The average molecular weight is 387 g/mol. The van der Waals surface area contributed by atoms with Gasteiger partial charge in [0.2, 0.25) is 5.91 Å². The number of rotatable bonds is 1. The number of amides is 1. The molecule has 0 radical (unpaired) electrons. The van der Waals surface area contributed by atoms with Crippen molar-refractivity contribution in [1.82, 2.24) is 0 Å². The normalized spacial score (nSPS) is 20.6. The zero-order valence-corrected chi connectivity index (χ0v) is 12.1. The summed E-state index contributed by atoms with van der Waals surface area (Å²) in [5.41, 5.74) is -0.499. The van der Waals surface area contributed by atoms with Crippen LogP contribution in [0.15, 0.2) is 22.7 Å². The van der Waals surface area contributed by atoms with Gasteiger partial charge in [-0.2, -0.15) is 13.2 Å². The van der Waals surface area contributed by atoms with E-state index in [0.717, 1.165) is 12.1 Å². The second-order valence-electron chi connectivity index (χ2n) is 3.94. The number of halogens is 5. The van der Waals surface area contributed by atoms with Crippen LogP contribution in [-0.4, -0.2) is 17.3 Å². The van der Waals surface area contributed by atoms with E-state index in [0.29, 0.717) is 17.4 Å². The highest BCUT2D eigenvalue weighted by atomic mass is 79.9. The number of anilines is 1. The Hall–Kier alpha value is -0.560. The van der Waals surface area contributed by atoms with Gasteiger partial charge in [0.15, 0.2) is 0 Å². The molecule has 1 saturated heterocycles. The van der Waals surface area contributed by atoms with Crippen LogP contribution in [-0.2, 0) is 11.0 Å². The Morgan fingerprint density at radius 1 is 1.28 bits per heavy atom. The highest BCUT2D eigenvalue weighted by molar-refractivity contribution is 9.10. The summed E-state index contributed by atoms with van der Waals surface area (Å²) < 4.78 is 38.3. The molecular formula is C11H8Br2F3NO. The van der Waals surface area contributed by atoms with Gasteiger partial charge in [-0.25, -0.2) is 0 Å². The number of alkyl halides is 4. The minimum Gasteiger partial charge on any atom is -0.311 e. The van der Waals surface area contributed by atoms with Crippen molar-refractivity contribution in [2.24, 2.45) is 0 Å². The number of carbonyl (C=O) groups excluding carboxylic acids is 1. The van der Waals surface area contributed by atoms with Gasteiger partial charge in [0, 0.05) is 16.7 Å². The summed E-state index contributed by atoms with van der Waals surface area (Å²) in [6, 6.07) is 3.50. The molecule has 1 fully saturated rings. The highest BCUT2D eigenvalue weighted by Gasteiger charge is 2.34. The van der Waals surface area contributed by atoms with E-state index in [1.807, 2.05) is 0 Å². The first-order valence-electron chi connectivity index (χ1n) is 5.12. The lowest BCUT2D eigenvalue weighted by Gasteiger charge is -2.18. The van der Waals surface area contributed by atoms with Crippen LogP contribution in [0.25, 0.3) is 0 Å². The maximum Gasteiger partial charge on any atom is 0.416 e. The topological polar surface area (TPSA) is 20.3 Å². The Morgan fingerprint density at radius 2 is 1.94 bits per heavy atom. The van der Waals surface area contributed by atoms with Crippen molar-refractivity contribution in [1.29, 1.82) is 0 Å². The van der Waals surface area contributed by atoms with Gasteiger partial charge in [-0.1, -0.05) is 31.9 Å². The molecule has 0 spiro atoms. The van der Waals surface area contributed by atoms with E-state index in [1.54, 1.807) is 0 Å². The van der Waals surface area contributed by atoms with Gasteiger partial charge in [-0.05, 0) is 24.6 Å². The molecular weight excluding hydrogens is 379 g/mol. The van der Waals surface area contributed by atoms with Crippen molar-refractivity contribution in [2.45, 2.75) is 17.4 Å². The summed E-state index contributed by atoms with van der Waals surface area (Å²) in [5.74, 6) is -0.207. The first-order chi connectivity index (χ1) is 8.29. The number of benzene rings is 1. The second-order valence-corrected chi connectivity index (χ2v) is 5.96. The van der Waals surface area contributed by atoms with E-state index in [4.69, 9.17) is 0 Å². The van der Waals surface area contributed by atoms with Crippen molar-refractivity contribution < 1.29 is 18.0 Å². The first-order valence-corrected chi connectivity index (χ1v) is 6.83. The summed E-state index contributed by atoms with van der Waals surface area (Å²) in [6.07, 6.45) is -3.83. The van der Waals surface area contributed by atoms with Crippen LogP contribution in [0.3, 0.4) is 0 Å². The van der Waals surface area contributed by atoms with Crippen LogP contribution in [0.1, 0.15) is 12.0 Å². The molecule has 0 bridgehead atoms. The molecule has 1 heterocycles. The Morgan fingerprint density at radius 3 is 2.44 bits per heavy atom. The van der Waals surface area contributed by atoms with Crippen LogP contribution in [0.4, 0.5) is 18.9 Å². The largest absolute Gasteiger partial charge is 0.416 e. The van der Waals surface area contributed by atoms with Crippen LogP contribution >= 0.6 is 31.9 Å². The lowest BCUT2D eigenvalue weighted by Crippen LogP contribution is -2.27. The molecule has 7 heteroatoms. The van der Waals surface area contributed by atoms with E-state index >= 15 is 0 Å². The molecule has 98 valence electrons. The molecule has 0 aromatic heterocycles. The van der Waals surface area contributed by atoms with E-state index in [-0.39, 0.29) is 16.4 Å². The molecule has 18 heavy (non-hydrogen) atoms. The predicted octanol–water partition coefficient (Wildman–Crippen LogP) is 3.97. The molecule has 2 rings (SSSR count). The zero-order chi connectivity index (χ0) is 13.5. The van der Waals surface area contributed by atoms with Crippen molar-refractivity contribution >= 4 is 43.5 Å². The first kappa shape index (κ1) is 13.9. The van der Waals surface area contributed by atoms with Crippen LogP contribution in [0.2, 0.25) is 0 Å². The van der Waals surface area contributed by atoms with E-state index in [2.05, 4.69) is 31.9 Å². The van der Waals surface area contributed by atoms with Gasteiger partial charge in [0.1, 0.15) is 0 Å². The standard InChI is InChI=1S/C11H8Br2F3NO/c12-7-3-6(11(14,15)16)4-8(5-7)17-2-1-9(13)10(17)18/h3-5,9H,1-2H2. The summed E-state index contributed by atoms with van der Waals surface area (Å²) in [4.78, 5) is 12.8.